The molecule has 1 aromatic rings. The molecule has 1 N–H and O–H groups in total. The van der Waals surface area contributed by atoms with Gasteiger partial charge in [0, 0.05) is 32.7 Å². The molecule has 1 saturated heterocycles. The minimum Gasteiger partial charge on any atom is -0.312 e. The predicted octanol–water partition coefficient (Wildman–Crippen LogP) is 0.478. The van der Waals surface area contributed by atoms with E-state index in [0.717, 1.165) is 0 Å². The maximum absolute atomic E-state index is 12.4. The standard InChI is InChI=1S/C9H15ClN4O2S.ClH/c1-7-6-14(4-3-11-7)17(15,16)9-8(10)5-12-13(9)2;/h5,7,11H,3-4,6H2,1-2H3;1H/t7-;/m0./s1. The summed E-state index contributed by atoms with van der Waals surface area (Å²) in [7, 11) is -1.98. The molecule has 2 rings (SSSR count). The number of halogens is 2. The van der Waals surface area contributed by atoms with E-state index in [1.807, 2.05) is 6.92 Å². The Bertz CT molecular complexity index is 497. The number of aryl methyl sites for hydroxylation is 1. The van der Waals surface area contributed by atoms with Gasteiger partial charge in [-0.05, 0) is 6.92 Å². The summed E-state index contributed by atoms with van der Waals surface area (Å²) in [5.41, 5.74) is 0. The molecule has 1 aromatic heterocycles. The maximum Gasteiger partial charge on any atom is 0.261 e. The Kier molecular flexibility index (Phi) is 5.02. The summed E-state index contributed by atoms with van der Waals surface area (Å²) in [5.74, 6) is 0. The number of nitrogens with one attached hydrogen (secondary N) is 1. The van der Waals surface area contributed by atoms with Crippen molar-refractivity contribution in [2.75, 3.05) is 19.6 Å². The lowest BCUT2D eigenvalue weighted by atomic mass is 10.3. The molecule has 0 spiro atoms. The van der Waals surface area contributed by atoms with E-state index >= 15 is 0 Å². The Morgan fingerprint density at radius 1 is 1.56 bits per heavy atom. The van der Waals surface area contributed by atoms with E-state index in [1.165, 1.54) is 15.2 Å². The lowest BCUT2D eigenvalue weighted by molar-refractivity contribution is 0.308. The predicted molar refractivity (Wildman–Crippen MR) is 71.7 cm³/mol. The highest BCUT2D eigenvalue weighted by molar-refractivity contribution is 7.89. The third kappa shape index (κ3) is 2.80. The summed E-state index contributed by atoms with van der Waals surface area (Å²) in [5, 5.41) is 7.29. The first-order valence-electron chi connectivity index (χ1n) is 5.34. The van der Waals surface area contributed by atoms with E-state index in [4.69, 9.17) is 11.6 Å². The number of piperazine rings is 1. The Labute approximate surface area is 118 Å². The zero-order valence-corrected chi connectivity index (χ0v) is 12.5. The third-order valence-corrected chi connectivity index (χ3v) is 5.13. The number of sulfonamides is 1. The van der Waals surface area contributed by atoms with Gasteiger partial charge in [0.1, 0.15) is 0 Å². The van der Waals surface area contributed by atoms with Crippen molar-refractivity contribution in [3.63, 3.8) is 0 Å². The lowest BCUT2D eigenvalue weighted by Crippen LogP contribution is -2.51. The minimum atomic E-state index is -3.55. The Balaban J connectivity index is 0.00000162. The topological polar surface area (TPSA) is 67.2 Å². The summed E-state index contributed by atoms with van der Waals surface area (Å²) in [4.78, 5) is 0. The van der Waals surface area contributed by atoms with Crippen molar-refractivity contribution in [3.8, 4) is 0 Å². The number of rotatable bonds is 2. The minimum absolute atomic E-state index is 0. The van der Waals surface area contributed by atoms with Crippen molar-refractivity contribution >= 4 is 34.0 Å². The molecule has 6 nitrogen and oxygen atoms in total. The molecule has 0 bridgehead atoms. The maximum atomic E-state index is 12.4. The van der Waals surface area contributed by atoms with Gasteiger partial charge in [0.15, 0.2) is 5.03 Å². The second-order valence-electron chi connectivity index (χ2n) is 4.14. The van der Waals surface area contributed by atoms with E-state index in [0.29, 0.717) is 19.6 Å². The van der Waals surface area contributed by atoms with Gasteiger partial charge in [0.2, 0.25) is 0 Å². The highest BCUT2D eigenvalue weighted by Gasteiger charge is 2.32. The average Bonchev–Trinajstić information content (AvgIpc) is 2.59. The molecule has 0 amide bonds. The average molecular weight is 315 g/mol. The normalized spacial score (nSPS) is 21.6. The van der Waals surface area contributed by atoms with Crippen LogP contribution < -0.4 is 5.32 Å². The van der Waals surface area contributed by atoms with Crippen molar-refractivity contribution in [3.05, 3.63) is 11.2 Å². The molecule has 1 aliphatic rings. The number of aromatic nitrogens is 2. The molecule has 1 fully saturated rings. The van der Waals surface area contributed by atoms with Gasteiger partial charge in [-0.25, -0.2) is 8.42 Å². The number of nitrogens with zero attached hydrogens (tertiary/aromatic N) is 3. The van der Waals surface area contributed by atoms with Crippen LogP contribution in [0.5, 0.6) is 0 Å². The third-order valence-electron chi connectivity index (χ3n) is 2.76. The molecular formula is C9H16Cl2N4O2S. The Hall–Kier alpha value is -0.340. The van der Waals surface area contributed by atoms with Crippen LogP contribution >= 0.6 is 24.0 Å². The van der Waals surface area contributed by atoms with Crippen molar-refractivity contribution in [1.29, 1.82) is 0 Å². The molecule has 0 saturated carbocycles. The second-order valence-corrected chi connectivity index (χ2v) is 6.40. The second kappa shape index (κ2) is 5.75. The van der Waals surface area contributed by atoms with Gasteiger partial charge >= 0.3 is 0 Å². The van der Waals surface area contributed by atoms with E-state index < -0.39 is 10.0 Å². The Morgan fingerprint density at radius 2 is 2.22 bits per heavy atom. The van der Waals surface area contributed by atoms with Crippen LogP contribution in [0.3, 0.4) is 0 Å². The molecule has 2 heterocycles. The largest absolute Gasteiger partial charge is 0.312 e. The molecule has 1 atom stereocenters. The van der Waals surface area contributed by atoms with Gasteiger partial charge in [0.05, 0.1) is 11.2 Å². The number of hydrogen-bond donors (Lipinski definition) is 1. The first kappa shape index (κ1) is 15.7. The van der Waals surface area contributed by atoms with Gasteiger partial charge in [-0.1, -0.05) is 11.6 Å². The quantitative estimate of drug-likeness (QED) is 0.862. The van der Waals surface area contributed by atoms with Gasteiger partial charge in [-0.15, -0.1) is 12.4 Å². The summed E-state index contributed by atoms with van der Waals surface area (Å²) in [6.07, 6.45) is 1.35. The van der Waals surface area contributed by atoms with E-state index in [9.17, 15) is 8.42 Å². The first-order chi connectivity index (χ1) is 7.93. The fourth-order valence-corrected chi connectivity index (χ4v) is 4.06. The molecule has 0 aliphatic carbocycles. The monoisotopic (exact) mass is 314 g/mol. The molecule has 0 unspecified atom stereocenters. The van der Waals surface area contributed by atoms with Crippen LogP contribution in [-0.2, 0) is 17.1 Å². The fourth-order valence-electron chi connectivity index (χ4n) is 1.93. The molecule has 18 heavy (non-hydrogen) atoms. The van der Waals surface area contributed by atoms with Crippen molar-refractivity contribution in [1.82, 2.24) is 19.4 Å². The molecular weight excluding hydrogens is 299 g/mol. The van der Waals surface area contributed by atoms with Gasteiger partial charge < -0.3 is 5.32 Å². The van der Waals surface area contributed by atoms with Gasteiger partial charge in [0.25, 0.3) is 10.0 Å². The van der Waals surface area contributed by atoms with Gasteiger partial charge in [-0.2, -0.15) is 9.40 Å². The van der Waals surface area contributed by atoms with Crippen LogP contribution in [0.25, 0.3) is 0 Å². The molecule has 104 valence electrons. The van der Waals surface area contributed by atoms with Gasteiger partial charge in [-0.3, -0.25) is 4.68 Å². The van der Waals surface area contributed by atoms with E-state index in [-0.39, 0.29) is 28.5 Å². The fraction of sp³-hybridized carbons (Fsp3) is 0.667. The smallest absolute Gasteiger partial charge is 0.261 e. The van der Waals surface area contributed by atoms with Crippen LogP contribution in [0.4, 0.5) is 0 Å². The van der Waals surface area contributed by atoms with Crippen molar-refractivity contribution < 1.29 is 8.42 Å². The summed E-state index contributed by atoms with van der Waals surface area (Å²) >= 11 is 5.88. The highest BCUT2D eigenvalue weighted by atomic mass is 35.5. The zero-order chi connectivity index (χ0) is 12.6. The van der Waals surface area contributed by atoms with Crippen LogP contribution in [0, 0.1) is 0 Å². The molecule has 1 aliphatic heterocycles. The molecule has 9 heteroatoms. The van der Waals surface area contributed by atoms with Crippen LogP contribution in [0.2, 0.25) is 5.02 Å². The number of hydrogen-bond acceptors (Lipinski definition) is 4. The van der Waals surface area contributed by atoms with Crippen molar-refractivity contribution in [2.24, 2.45) is 7.05 Å². The SMILES string of the molecule is C[C@H]1CN(S(=O)(=O)c2c(Cl)cnn2C)CCN1.Cl. The van der Waals surface area contributed by atoms with Crippen LogP contribution in [-0.4, -0.2) is 48.2 Å². The molecule has 0 aromatic carbocycles. The lowest BCUT2D eigenvalue weighted by Gasteiger charge is -2.30. The summed E-state index contributed by atoms with van der Waals surface area (Å²) < 4.78 is 27.5. The Morgan fingerprint density at radius 3 is 2.72 bits per heavy atom. The first-order valence-corrected chi connectivity index (χ1v) is 7.16. The highest BCUT2D eigenvalue weighted by Crippen LogP contribution is 2.24. The molecule has 0 radical (unpaired) electrons. The van der Waals surface area contributed by atoms with E-state index in [2.05, 4.69) is 10.4 Å². The van der Waals surface area contributed by atoms with Crippen molar-refractivity contribution in [2.45, 2.75) is 18.0 Å². The van der Waals surface area contributed by atoms with Crippen LogP contribution in [0.1, 0.15) is 6.92 Å². The van der Waals surface area contributed by atoms with E-state index in [1.54, 1.807) is 7.05 Å². The zero-order valence-electron chi connectivity index (χ0n) is 10.1. The van der Waals surface area contributed by atoms with Crippen LogP contribution in [0.15, 0.2) is 11.2 Å². The summed E-state index contributed by atoms with van der Waals surface area (Å²) in [6.45, 7) is 3.50. The summed E-state index contributed by atoms with van der Waals surface area (Å²) in [6, 6.07) is 0.144.